The molecule has 0 aromatic heterocycles. The summed E-state index contributed by atoms with van der Waals surface area (Å²) in [6.07, 6.45) is 3.14. The highest BCUT2D eigenvalue weighted by molar-refractivity contribution is 5.61. The summed E-state index contributed by atoms with van der Waals surface area (Å²) in [6.45, 7) is 0.742. The van der Waals surface area contributed by atoms with Crippen LogP contribution in [-0.2, 0) is 0 Å². The topological polar surface area (TPSA) is 45.5 Å². The van der Waals surface area contributed by atoms with Gasteiger partial charge < -0.3 is 14.4 Å². The molecule has 0 atom stereocenters. The molecule has 102 valence electrons. The number of rotatable bonds is 5. The first kappa shape index (κ1) is 13.5. The highest BCUT2D eigenvalue weighted by Gasteiger charge is 2.38. The third kappa shape index (κ3) is 2.60. The van der Waals surface area contributed by atoms with E-state index in [0.29, 0.717) is 0 Å². The van der Waals surface area contributed by atoms with E-state index in [-0.39, 0.29) is 5.41 Å². The van der Waals surface area contributed by atoms with Gasteiger partial charge in [-0.15, -0.1) is 0 Å². The Kier molecular flexibility index (Phi) is 3.84. The zero-order chi connectivity index (χ0) is 13.9. The third-order valence-electron chi connectivity index (χ3n) is 3.89. The second kappa shape index (κ2) is 5.40. The lowest BCUT2D eigenvalue weighted by Crippen LogP contribution is -2.39. The molecule has 1 aliphatic rings. The zero-order valence-electron chi connectivity index (χ0n) is 11.8. The summed E-state index contributed by atoms with van der Waals surface area (Å²) in [7, 11) is 5.29. The molecule has 0 unspecified atom stereocenters. The molecule has 4 heteroatoms. The van der Waals surface area contributed by atoms with Crippen LogP contribution in [0.4, 0.5) is 5.69 Å². The van der Waals surface area contributed by atoms with Gasteiger partial charge in [-0.25, -0.2) is 0 Å². The van der Waals surface area contributed by atoms with Crippen molar-refractivity contribution < 1.29 is 9.47 Å². The maximum absolute atomic E-state index is 9.31. The predicted octanol–water partition coefficient (Wildman–Crippen LogP) is 2.83. The smallest absolute Gasteiger partial charge is 0.145 e. The Morgan fingerprint density at radius 2 is 2.05 bits per heavy atom. The van der Waals surface area contributed by atoms with Crippen molar-refractivity contribution in [2.24, 2.45) is 5.41 Å². The molecule has 0 saturated heterocycles. The number of anilines is 1. The first-order valence-electron chi connectivity index (χ1n) is 6.48. The predicted molar refractivity (Wildman–Crippen MR) is 74.7 cm³/mol. The van der Waals surface area contributed by atoms with Crippen molar-refractivity contribution in [1.82, 2.24) is 0 Å². The van der Waals surface area contributed by atoms with Gasteiger partial charge in [0, 0.05) is 19.7 Å². The molecule has 1 aromatic carbocycles. The van der Waals surface area contributed by atoms with Gasteiger partial charge in [-0.2, -0.15) is 5.26 Å². The number of hydrogen-bond donors (Lipinski definition) is 0. The van der Waals surface area contributed by atoms with Crippen molar-refractivity contribution in [3.05, 3.63) is 18.2 Å². The molecule has 0 N–H and O–H groups in total. The number of hydrogen-bond acceptors (Lipinski definition) is 4. The Balaban J connectivity index is 2.19. The number of ether oxygens (including phenoxy) is 2. The van der Waals surface area contributed by atoms with Crippen molar-refractivity contribution in [2.45, 2.75) is 19.3 Å². The first-order chi connectivity index (χ1) is 9.14. The van der Waals surface area contributed by atoms with Gasteiger partial charge in [0.1, 0.15) is 11.5 Å². The van der Waals surface area contributed by atoms with Crippen molar-refractivity contribution in [3.8, 4) is 17.6 Å². The van der Waals surface area contributed by atoms with E-state index in [0.717, 1.165) is 43.0 Å². The fraction of sp³-hybridized carbons (Fsp3) is 0.533. The number of benzene rings is 1. The molecule has 4 nitrogen and oxygen atoms in total. The standard InChI is InChI=1S/C15H20N2O2/c1-17(11-15(10-16)7-4-8-15)13-6-5-12(18-2)9-14(13)19-3/h5-6,9H,4,7-8,11H2,1-3H3. The summed E-state index contributed by atoms with van der Waals surface area (Å²) in [5, 5.41) is 9.31. The molecule has 0 radical (unpaired) electrons. The third-order valence-corrected chi connectivity index (χ3v) is 3.89. The highest BCUT2D eigenvalue weighted by atomic mass is 16.5. The Morgan fingerprint density at radius 3 is 2.53 bits per heavy atom. The van der Waals surface area contributed by atoms with E-state index in [9.17, 15) is 5.26 Å². The van der Waals surface area contributed by atoms with E-state index in [1.165, 1.54) is 0 Å². The van der Waals surface area contributed by atoms with Crippen LogP contribution in [0, 0.1) is 16.7 Å². The lowest BCUT2D eigenvalue weighted by molar-refractivity contribution is 0.222. The lowest BCUT2D eigenvalue weighted by Gasteiger charge is -2.39. The van der Waals surface area contributed by atoms with Crippen molar-refractivity contribution >= 4 is 5.69 Å². The Labute approximate surface area is 114 Å². The van der Waals surface area contributed by atoms with Crippen LogP contribution in [0.2, 0.25) is 0 Å². The Morgan fingerprint density at radius 1 is 1.32 bits per heavy atom. The minimum atomic E-state index is -0.181. The van der Waals surface area contributed by atoms with Gasteiger partial charge in [0.25, 0.3) is 0 Å². The van der Waals surface area contributed by atoms with Gasteiger partial charge in [-0.1, -0.05) is 6.42 Å². The normalized spacial score (nSPS) is 16.1. The van der Waals surface area contributed by atoms with E-state index >= 15 is 0 Å². The van der Waals surface area contributed by atoms with Gasteiger partial charge in [0.05, 0.1) is 31.4 Å². The van der Waals surface area contributed by atoms with Gasteiger partial charge in [0.2, 0.25) is 0 Å². The van der Waals surface area contributed by atoms with Gasteiger partial charge >= 0.3 is 0 Å². The second-order valence-corrected chi connectivity index (χ2v) is 5.14. The summed E-state index contributed by atoms with van der Waals surface area (Å²) < 4.78 is 10.6. The summed E-state index contributed by atoms with van der Waals surface area (Å²) in [4.78, 5) is 2.10. The van der Waals surface area contributed by atoms with Crippen LogP contribution in [0.3, 0.4) is 0 Å². The van der Waals surface area contributed by atoms with E-state index in [1.54, 1.807) is 14.2 Å². The fourth-order valence-corrected chi connectivity index (χ4v) is 2.55. The van der Waals surface area contributed by atoms with Gasteiger partial charge in [-0.05, 0) is 25.0 Å². The second-order valence-electron chi connectivity index (χ2n) is 5.14. The van der Waals surface area contributed by atoms with E-state index in [1.807, 2.05) is 25.2 Å². The summed E-state index contributed by atoms with van der Waals surface area (Å²) in [5.74, 6) is 1.54. The number of nitrogens with zero attached hydrogens (tertiary/aromatic N) is 2. The van der Waals surface area contributed by atoms with E-state index in [2.05, 4.69) is 11.0 Å². The summed E-state index contributed by atoms with van der Waals surface area (Å²) in [5.41, 5.74) is 0.810. The monoisotopic (exact) mass is 260 g/mol. The highest BCUT2D eigenvalue weighted by Crippen LogP contribution is 2.42. The number of nitriles is 1. The number of methoxy groups -OCH3 is 2. The first-order valence-corrected chi connectivity index (χ1v) is 6.48. The molecule has 1 fully saturated rings. The zero-order valence-corrected chi connectivity index (χ0v) is 11.8. The maximum Gasteiger partial charge on any atom is 0.145 e. The van der Waals surface area contributed by atoms with Gasteiger partial charge in [0.15, 0.2) is 0 Å². The molecule has 1 aromatic rings. The van der Waals surface area contributed by atoms with Crippen LogP contribution < -0.4 is 14.4 Å². The fourth-order valence-electron chi connectivity index (χ4n) is 2.55. The Hall–Kier alpha value is -1.89. The molecule has 1 aliphatic carbocycles. The van der Waals surface area contributed by atoms with Crippen molar-refractivity contribution in [2.75, 3.05) is 32.7 Å². The summed E-state index contributed by atoms with van der Waals surface area (Å²) >= 11 is 0. The molecular formula is C15H20N2O2. The molecule has 2 rings (SSSR count). The molecule has 0 heterocycles. The van der Waals surface area contributed by atoms with Crippen LogP contribution in [0.5, 0.6) is 11.5 Å². The Bertz CT molecular complexity index is 489. The van der Waals surface area contributed by atoms with Crippen molar-refractivity contribution in [3.63, 3.8) is 0 Å². The van der Waals surface area contributed by atoms with Gasteiger partial charge in [-0.3, -0.25) is 0 Å². The van der Waals surface area contributed by atoms with Crippen LogP contribution in [0.15, 0.2) is 18.2 Å². The molecule has 0 aliphatic heterocycles. The molecule has 0 spiro atoms. The van der Waals surface area contributed by atoms with Crippen molar-refractivity contribution in [1.29, 1.82) is 5.26 Å². The quantitative estimate of drug-likeness (QED) is 0.816. The molecule has 1 saturated carbocycles. The SMILES string of the molecule is COc1ccc(N(C)CC2(C#N)CCC2)c(OC)c1. The average Bonchev–Trinajstić information content (AvgIpc) is 2.41. The molecule has 0 bridgehead atoms. The van der Waals surface area contributed by atoms with Crippen LogP contribution in [0.25, 0.3) is 0 Å². The molecule has 19 heavy (non-hydrogen) atoms. The minimum absolute atomic E-state index is 0.181. The van der Waals surface area contributed by atoms with Crippen LogP contribution >= 0.6 is 0 Å². The van der Waals surface area contributed by atoms with E-state index in [4.69, 9.17) is 9.47 Å². The van der Waals surface area contributed by atoms with E-state index < -0.39 is 0 Å². The molecule has 0 amide bonds. The lowest BCUT2D eigenvalue weighted by atomic mass is 9.69. The largest absolute Gasteiger partial charge is 0.497 e. The maximum atomic E-state index is 9.31. The van der Waals surface area contributed by atoms with Crippen LogP contribution in [-0.4, -0.2) is 27.8 Å². The molecular weight excluding hydrogens is 240 g/mol. The average molecular weight is 260 g/mol. The van der Waals surface area contributed by atoms with Crippen LogP contribution in [0.1, 0.15) is 19.3 Å². The minimum Gasteiger partial charge on any atom is -0.497 e. The summed E-state index contributed by atoms with van der Waals surface area (Å²) in [6, 6.07) is 8.22.